The largest absolute Gasteiger partial charge is 0.507 e. The first-order valence-electron chi connectivity index (χ1n) is 10.0. The first kappa shape index (κ1) is 22.4. The first-order valence-corrected chi connectivity index (χ1v) is 10.0. The molecule has 0 aromatic carbocycles. The van der Waals surface area contributed by atoms with Crippen LogP contribution in [0.25, 0.3) is 5.76 Å². The zero-order chi connectivity index (χ0) is 22.9. The highest BCUT2D eigenvalue weighted by Gasteiger charge is 2.47. The molecule has 0 saturated carbocycles. The quantitative estimate of drug-likeness (QED) is 0.300. The van der Waals surface area contributed by atoms with Gasteiger partial charge in [0, 0.05) is 24.3 Å². The Morgan fingerprint density at radius 3 is 2.61 bits per heavy atom. The third-order valence-corrected chi connectivity index (χ3v) is 5.29. The number of esters is 1. The molecule has 0 spiro atoms. The Hall–Kier alpha value is -3.33. The van der Waals surface area contributed by atoms with Gasteiger partial charge in [0.05, 0.1) is 18.4 Å². The van der Waals surface area contributed by atoms with E-state index in [4.69, 9.17) is 9.15 Å². The van der Waals surface area contributed by atoms with Crippen LogP contribution in [0.4, 0.5) is 0 Å². The number of nitrogens with zero attached hydrogens (tertiary/aromatic N) is 2. The van der Waals surface area contributed by atoms with E-state index in [1.807, 2.05) is 19.0 Å². The number of ketones is 1. The molecule has 0 bridgehead atoms. The first-order chi connectivity index (χ1) is 14.7. The van der Waals surface area contributed by atoms with Gasteiger partial charge >= 0.3 is 5.97 Å². The number of likely N-dealkylation sites (tertiary alicyclic amines) is 1. The van der Waals surface area contributed by atoms with Crippen molar-refractivity contribution in [3.8, 4) is 0 Å². The number of aryl methyl sites for hydroxylation is 1. The van der Waals surface area contributed by atoms with Crippen molar-refractivity contribution in [3.05, 3.63) is 52.2 Å². The zero-order valence-electron chi connectivity index (χ0n) is 18.3. The predicted octanol–water partition coefficient (Wildman–Crippen LogP) is 2.38. The lowest BCUT2D eigenvalue weighted by Gasteiger charge is -2.24. The molecular weight excluding hydrogens is 402 g/mol. The number of likely N-dealkylation sites (N-methyl/N-ethyl adjacent to an activating group) is 1. The van der Waals surface area contributed by atoms with Crippen molar-refractivity contribution in [1.29, 1.82) is 0 Å². The highest BCUT2D eigenvalue weighted by Crippen LogP contribution is 2.40. The summed E-state index contributed by atoms with van der Waals surface area (Å²) < 4.78 is 10.6. The number of hydrogen-bond donors (Lipinski definition) is 2. The van der Waals surface area contributed by atoms with E-state index in [0.29, 0.717) is 29.1 Å². The van der Waals surface area contributed by atoms with Gasteiger partial charge < -0.3 is 29.0 Å². The second-order valence-electron chi connectivity index (χ2n) is 7.66. The van der Waals surface area contributed by atoms with Crippen LogP contribution >= 0.6 is 0 Å². The number of aliphatic hydroxyl groups excluding tert-OH is 1. The van der Waals surface area contributed by atoms with Gasteiger partial charge in [-0.15, -0.1) is 0 Å². The standard InChI is InChI=1S/C22H27N3O6/c1-6-30-22(29)17-12(2)15(13(3)23-17)19(26)16-18(14-8-7-11-31-14)25(10-9-24(4)5)21(28)20(16)27/h7-8,11,18,23,26H,6,9-10H2,1-5H3/b19-16+/t18-/m1/s1. The van der Waals surface area contributed by atoms with Gasteiger partial charge in [-0.3, -0.25) is 9.59 Å². The molecule has 2 aromatic rings. The van der Waals surface area contributed by atoms with Crippen LogP contribution in [0.3, 0.4) is 0 Å². The van der Waals surface area contributed by atoms with Crippen molar-refractivity contribution >= 4 is 23.4 Å². The number of carbonyl (C=O) groups is 3. The Labute approximate surface area is 180 Å². The monoisotopic (exact) mass is 429 g/mol. The van der Waals surface area contributed by atoms with Gasteiger partial charge in [0.15, 0.2) is 0 Å². The molecule has 9 nitrogen and oxygen atoms in total. The van der Waals surface area contributed by atoms with E-state index in [9.17, 15) is 19.5 Å². The number of hydrogen-bond acceptors (Lipinski definition) is 7. The molecule has 2 aromatic heterocycles. The maximum atomic E-state index is 13.0. The Morgan fingerprint density at radius 2 is 2.03 bits per heavy atom. The molecule has 31 heavy (non-hydrogen) atoms. The Morgan fingerprint density at radius 1 is 1.32 bits per heavy atom. The summed E-state index contributed by atoms with van der Waals surface area (Å²) in [7, 11) is 3.73. The van der Waals surface area contributed by atoms with Crippen LogP contribution in [0.5, 0.6) is 0 Å². The third kappa shape index (κ3) is 4.00. The highest BCUT2D eigenvalue weighted by atomic mass is 16.5. The van der Waals surface area contributed by atoms with Gasteiger partial charge in [0.1, 0.15) is 23.3 Å². The third-order valence-electron chi connectivity index (χ3n) is 5.29. The minimum Gasteiger partial charge on any atom is -0.507 e. The SMILES string of the molecule is CCOC(=O)c1[nH]c(C)c(/C(O)=C2\C(=O)C(=O)N(CCN(C)C)[C@@H]2c2ccco2)c1C. The van der Waals surface area contributed by atoms with Crippen LogP contribution < -0.4 is 0 Å². The lowest BCUT2D eigenvalue weighted by Crippen LogP contribution is -2.35. The summed E-state index contributed by atoms with van der Waals surface area (Å²) >= 11 is 0. The fraction of sp³-hybridized carbons (Fsp3) is 0.409. The van der Waals surface area contributed by atoms with Crippen LogP contribution in [-0.2, 0) is 14.3 Å². The molecule has 3 rings (SSSR count). The van der Waals surface area contributed by atoms with Crippen LogP contribution in [0.15, 0.2) is 28.4 Å². The van der Waals surface area contributed by atoms with E-state index < -0.39 is 23.7 Å². The summed E-state index contributed by atoms with van der Waals surface area (Å²) in [6, 6.07) is 2.45. The smallest absolute Gasteiger partial charge is 0.355 e. The van der Waals surface area contributed by atoms with E-state index in [2.05, 4.69) is 4.98 Å². The molecule has 0 unspecified atom stereocenters. The van der Waals surface area contributed by atoms with Crippen molar-refractivity contribution in [2.45, 2.75) is 26.8 Å². The molecule has 1 atom stereocenters. The van der Waals surface area contributed by atoms with Crippen molar-refractivity contribution in [2.75, 3.05) is 33.8 Å². The van der Waals surface area contributed by atoms with Gasteiger partial charge in [0.2, 0.25) is 0 Å². The second kappa shape index (κ2) is 8.81. The fourth-order valence-electron chi connectivity index (χ4n) is 3.81. The molecule has 1 fully saturated rings. The van der Waals surface area contributed by atoms with Gasteiger partial charge in [-0.05, 0) is 52.6 Å². The minimum atomic E-state index is -0.866. The number of ether oxygens (including phenoxy) is 1. The van der Waals surface area contributed by atoms with E-state index >= 15 is 0 Å². The molecule has 9 heteroatoms. The number of aromatic nitrogens is 1. The van der Waals surface area contributed by atoms with Crippen LogP contribution in [0.1, 0.15) is 46.0 Å². The minimum absolute atomic E-state index is 0.0701. The zero-order valence-corrected chi connectivity index (χ0v) is 18.3. The van der Waals surface area contributed by atoms with E-state index in [1.165, 1.54) is 11.2 Å². The van der Waals surface area contributed by atoms with Crippen molar-refractivity contribution in [2.24, 2.45) is 0 Å². The predicted molar refractivity (Wildman–Crippen MR) is 112 cm³/mol. The maximum absolute atomic E-state index is 13.0. The number of furan rings is 1. The molecule has 2 N–H and O–H groups in total. The summed E-state index contributed by atoms with van der Waals surface area (Å²) in [4.78, 5) is 44.3. The fourth-order valence-corrected chi connectivity index (χ4v) is 3.81. The molecular formula is C22H27N3O6. The summed E-state index contributed by atoms with van der Waals surface area (Å²) in [5.74, 6) is -2.04. The number of aromatic amines is 1. The molecule has 1 aliphatic rings. The molecule has 1 saturated heterocycles. The van der Waals surface area contributed by atoms with Crippen molar-refractivity contribution < 1.29 is 28.6 Å². The lowest BCUT2D eigenvalue weighted by atomic mass is 9.97. The van der Waals surface area contributed by atoms with Crippen molar-refractivity contribution in [3.63, 3.8) is 0 Å². The molecule has 3 heterocycles. The van der Waals surface area contributed by atoms with Gasteiger partial charge in [0.25, 0.3) is 11.7 Å². The number of Topliss-reactive ketones (excluding diaryl/α,β-unsaturated/α-hetero) is 1. The average molecular weight is 429 g/mol. The van der Waals surface area contributed by atoms with Crippen LogP contribution in [0.2, 0.25) is 0 Å². The number of H-pyrrole nitrogens is 1. The topological polar surface area (TPSA) is 116 Å². The average Bonchev–Trinajstić information content (AvgIpc) is 3.39. The highest BCUT2D eigenvalue weighted by molar-refractivity contribution is 6.46. The summed E-state index contributed by atoms with van der Waals surface area (Å²) in [6.45, 7) is 6.03. The van der Waals surface area contributed by atoms with Crippen LogP contribution in [-0.4, -0.2) is 71.3 Å². The van der Waals surface area contributed by atoms with Gasteiger partial charge in [-0.1, -0.05) is 0 Å². The van der Waals surface area contributed by atoms with Gasteiger partial charge in [-0.2, -0.15) is 0 Å². The molecule has 1 amide bonds. The Bertz CT molecular complexity index is 1030. The van der Waals surface area contributed by atoms with Crippen LogP contribution in [0, 0.1) is 13.8 Å². The summed E-state index contributed by atoms with van der Waals surface area (Å²) in [5.41, 5.74) is 1.34. The molecule has 1 aliphatic heterocycles. The van der Waals surface area contributed by atoms with Gasteiger partial charge in [-0.25, -0.2) is 4.79 Å². The number of nitrogens with one attached hydrogen (secondary N) is 1. The Kier molecular flexibility index (Phi) is 6.35. The summed E-state index contributed by atoms with van der Waals surface area (Å²) in [5, 5.41) is 11.2. The number of aliphatic hydroxyl groups is 1. The molecule has 0 aliphatic carbocycles. The van der Waals surface area contributed by atoms with Crippen molar-refractivity contribution in [1.82, 2.24) is 14.8 Å². The Balaban J connectivity index is 2.15. The summed E-state index contributed by atoms with van der Waals surface area (Å²) in [6.07, 6.45) is 1.45. The molecule has 166 valence electrons. The maximum Gasteiger partial charge on any atom is 0.355 e. The van der Waals surface area contributed by atoms with E-state index in [-0.39, 0.29) is 30.2 Å². The lowest BCUT2D eigenvalue weighted by molar-refractivity contribution is -0.140. The second-order valence-corrected chi connectivity index (χ2v) is 7.66. The normalized spacial score (nSPS) is 18.3. The number of carbonyl (C=O) groups excluding carboxylic acids is 3. The van der Waals surface area contributed by atoms with E-state index in [0.717, 1.165) is 0 Å². The number of rotatable bonds is 7. The molecule has 0 radical (unpaired) electrons. The number of amides is 1. The van der Waals surface area contributed by atoms with E-state index in [1.54, 1.807) is 32.9 Å².